The molecule has 0 spiro atoms. The molecule has 0 radical (unpaired) electrons. The van der Waals surface area contributed by atoms with E-state index in [1.807, 2.05) is 30.3 Å². The van der Waals surface area contributed by atoms with Crippen LogP contribution in [0.3, 0.4) is 0 Å². The predicted molar refractivity (Wildman–Crippen MR) is 168 cm³/mol. The minimum atomic E-state index is -0.422. The second kappa shape index (κ2) is 14.3. The van der Waals surface area contributed by atoms with E-state index in [0.29, 0.717) is 41.7 Å². The Balaban J connectivity index is 1.29. The van der Waals surface area contributed by atoms with E-state index >= 15 is 0 Å². The molecule has 10 nitrogen and oxygen atoms in total. The van der Waals surface area contributed by atoms with Gasteiger partial charge in [0.2, 0.25) is 0 Å². The number of piperazine rings is 1. The molecule has 2 heterocycles. The molecular formula is C31H37ClN6O4. The minimum absolute atomic E-state index is 0.177. The average molecular weight is 593 g/mol. The standard InChI is InChI=1S/C31H37ClN6O4/c1-41-29-8-3-2-7-28(29)38-15-13-37(14-16-38)27-10-9-25(35-31(40)34-24-6-4-5-23(32)21-24)22-26(27)30(39)33-11-12-36-17-19-42-20-18-36/h2-10,21-22H,11-20H2,1H3,(H,33,39)(H2,34,35,40). The zero-order chi connectivity index (χ0) is 29.3. The third-order valence-electron chi connectivity index (χ3n) is 7.45. The van der Waals surface area contributed by atoms with Gasteiger partial charge < -0.3 is 35.2 Å². The van der Waals surface area contributed by atoms with Gasteiger partial charge in [-0.25, -0.2) is 4.79 Å². The van der Waals surface area contributed by atoms with Crippen molar-refractivity contribution in [3.63, 3.8) is 0 Å². The molecular weight excluding hydrogens is 556 g/mol. The van der Waals surface area contributed by atoms with Gasteiger partial charge in [-0.05, 0) is 48.5 Å². The van der Waals surface area contributed by atoms with E-state index in [2.05, 4.69) is 36.7 Å². The molecule has 0 unspecified atom stereocenters. The number of para-hydroxylation sites is 2. The third-order valence-corrected chi connectivity index (χ3v) is 7.68. The van der Waals surface area contributed by atoms with E-state index in [1.165, 1.54) is 0 Å². The normalized spacial score (nSPS) is 15.7. The van der Waals surface area contributed by atoms with E-state index in [1.54, 1.807) is 37.4 Å². The first-order valence-electron chi connectivity index (χ1n) is 14.2. The summed E-state index contributed by atoms with van der Waals surface area (Å²) in [5, 5.41) is 9.24. The highest BCUT2D eigenvalue weighted by Gasteiger charge is 2.24. The molecule has 5 rings (SSSR count). The van der Waals surface area contributed by atoms with Crippen LogP contribution in [0.2, 0.25) is 5.02 Å². The second-order valence-electron chi connectivity index (χ2n) is 10.2. The van der Waals surface area contributed by atoms with Crippen LogP contribution < -0.4 is 30.5 Å². The van der Waals surface area contributed by atoms with Gasteiger partial charge in [-0.3, -0.25) is 9.69 Å². The lowest BCUT2D eigenvalue weighted by molar-refractivity contribution is 0.0383. The number of ether oxygens (including phenoxy) is 2. The first kappa shape index (κ1) is 29.5. The summed E-state index contributed by atoms with van der Waals surface area (Å²) < 4.78 is 11.0. The molecule has 2 saturated heterocycles. The van der Waals surface area contributed by atoms with Crippen LogP contribution in [0, 0.1) is 0 Å². The van der Waals surface area contributed by atoms with Gasteiger partial charge >= 0.3 is 6.03 Å². The Labute approximate surface area is 251 Å². The molecule has 11 heteroatoms. The van der Waals surface area contributed by atoms with Crippen LogP contribution >= 0.6 is 11.6 Å². The van der Waals surface area contributed by atoms with Gasteiger partial charge in [0.15, 0.2) is 0 Å². The Kier molecular flexibility index (Phi) is 10.0. The summed E-state index contributed by atoms with van der Waals surface area (Å²) in [6, 6.07) is 20.0. The Morgan fingerprint density at radius 2 is 1.52 bits per heavy atom. The van der Waals surface area contributed by atoms with Crippen LogP contribution in [0.15, 0.2) is 66.7 Å². The summed E-state index contributed by atoms with van der Waals surface area (Å²) in [5.74, 6) is 0.669. The van der Waals surface area contributed by atoms with Crippen LogP contribution in [0.25, 0.3) is 0 Å². The van der Waals surface area contributed by atoms with Crippen molar-refractivity contribution in [3.8, 4) is 5.75 Å². The minimum Gasteiger partial charge on any atom is -0.495 e. The molecule has 3 N–H and O–H groups in total. The van der Waals surface area contributed by atoms with Gasteiger partial charge in [-0.2, -0.15) is 0 Å². The fourth-order valence-electron chi connectivity index (χ4n) is 5.26. The Hall–Kier alpha value is -3.99. The van der Waals surface area contributed by atoms with Gasteiger partial charge in [0, 0.05) is 74.4 Å². The number of nitrogens with one attached hydrogen (secondary N) is 3. The molecule has 0 aliphatic carbocycles. The number of nitrogens with zero attached hydrogens (tertiary/aromatic N) is 3. The summed E-state index contributed by atoms with van der Waals surface area (Å²) in [5.41, 5.74) is 3.50. The number of rotatable bonds is 9. The molecule has 222 valence electrons. The van der Waals surface area contributed by atoms with Crippen molar-refractivity contribution in [1.29, 1.82) is 0 Å². The number of anilines is 4. The van der Waals surface area contributed by atoms with Crippen LogP contribution in [0.5, 0.6) is 5.75 Å². The molecule has 0 bridgehead atoms. The van der Waals surface area contributed by atoms with E-state index < -0.39 is 6.03 Å². The Morgan fingerprint density at radius 3 is 2.24 bits per heavy atom. The number of amides is 3. The molecule has 2 fully saturated rings. The van der Waals surface area contributed by atoms with Crippen molar-refractivity contribution in [3.05, 3.63) is 77.3 Å². The summed E-state index contributed by atoms with van der Waals surface area (Å²) >= 11 is 6.05. The summed E-state index contributed by atoms with van der Waals surface area (Å²) in [6.45, 7) is 7.43. The van der Waals surface area contributed by atoms with E-state index in [0.717, 1.165) is 62.9 Å². The third kappa shape index (κ3) is 7.64. The number of methoxy groups -OCH3 is 1. The zero-order valence-electron chi connectivity index (χ0n) is 23.8. The summed E-state index contributed by atoms with van der Waals surface area (Å²) in [7, 11) is 1.68. The first-order chi connectivity index (χ1) is 20.5. The number of urea groups is 1. The number of benzene rings is 3. The molecule has 3 aromatic rings. The van der Waals surface area contributed by atoms with E-state index in [4.69, 9.17) is 21.1 Å². The van der Waals surface area contributed by atoms with Gasteiger partial charge in [-0.1, -0.05) is 29.8 Å². The van der Waals surface area contributed by atoms with Crippen molar-refractivity contribution < 1.29 is 19.1 Å². The fourth-order valence-corrected chi connectivity index (χ4v) is 5.45. The highest BCUT2D eigenvalue weighted by Crippen LogP contribution is 2.31. The lowest BCUT2D eigenvalue weighted by Gasteiger charge is -2.38. The van der Waals surface area contributed by atoms with Gasteiger partial charge in [0.05, 0.1) is 31.6 Å². The van der Waals surface area contributed by atoms with Crippen molar-refractivity contribution in [2.24, 2.45) is 0 Å². The SMILES string of the molecule is COc1ccccc1N1CCN(c2ccc(NC(=O)Nc3cccc(Cl)c3)cc2C(=O)NCCN2CCOCC2)CC1. The highest BCUT2D eigenvalue weighted by molar-refractivity contribution is 6.30. The van der Waals surface area contributed by atoms with Crippen molar-refractivity contribution in [2.75, 3.05) is 93.1 Å². The number of halogens is 1. The van der Waals surface area contributed by atoms with Crippen molar-refractivity contribution >= 4 is 46.3 Å². The van der Waals surface area contributed by atoms with Crippen LogP contribution in [-0.2, 0) is 4.74 Å². The topological polar surface area (TPSA) is 98.4 Å². The number of carbonyl (C=O) groups excluding carboxylic acids is 2. The van der Waals surface area contributed by atoms with Gasteiger partial charge in [0.25, 0.3) is 5.91 Å². The maximum Gasteiger partial charge on any atom is 0.323 e. The van der Waals surface area contributed by atoms with E-state index in [-0.39, 0.29) is 5.91 Å². The molecule has 42 heavy (non-hydrogen) atoms. The number of carbonyl (C=O) groups is 2. The summed E-state index contributed by atoms with van der Waals surface area (Å²) in [6.07, 6.45) is 0. The molecule has 3 amide bonds. The lowest BCUT2D eigenvalue weighted by Crippen LogP contribution is -2.47. The van der Waals surface area contributed by atoms with E-state index in [9.17, 15) is 9.59 Å². The van der Waals surface area contributed by atoms with Crippen LogP contribution in [0.4, 0.5) is 27.5 Å². The quantitative estimate of drug-likeness (QED) is 0.339. The molecule has 3 aromatic carbocycles. The average Bonchev–Trinajstić information content (AvgIpc) is 3.01. The monoisotopic (exact) mass is 592 g/mol. The molecule has 0 aromatic heterocycles. The van der Waals surface area contributed by atoms with Gasteiger partial charge in [-0.15, -0.1) is 0 Å². The molecule has 2 aliphatic heterocycles. The number of hydrogen-bond acceptors (Lipinski definition) is 7. The van der Waals surface area contributed by atoms with Crippen molar-refractivity contribution in [1.82, 2.24) is 10.2 Å². The second-order valence-corrected chi connectivity index (χ2v) is 10.6. The molecule has 0 saturated carbocycles. The summed E-state index contributed by atoms with van der Waals surface area (Å²) in [4.78, 5) is 33.1. The van der Waals surface area contributed by atoms with Crippen molar-refractivity contribution in [2.45, 2.75) is 0 Å². The highest BCUT2D eigenvalue weighted by atomic mass is 35.5. The fraction of sp³-hybridized carbons (Fsp3) is 0.355. The molecule has 2 aliphatic rings. The van der Waals surface area contributed by atoms with Gasteiger partial charge in [0.1, 0.15) is 5.75 Å². The van der Waals surface area contributed by atoms with Crippen LogP contribution in [-0.4, -0.2) is 89.5 Å². The lowest BCUT2D eigenvalue weighted by atomic mass is 10.1. The number of morpholine rings is 1. The van der Waals surface area contributed by atoms with Crippen LogP contribution in [0.1, 0.15) is 10.4 Å². The zero-order valence-corrected chi connectivity index (χ0v) is 24.5. The number of hydrogen-bond donors (Lipinski definition) is 3. The maximum absolute atomic E-state index is 13.5. The maximum atomic E-state index is 13.5. The first-order valence-corrected chi connectivity index (χ1v) is 14.6. The molecule has 0 atom stereocenters. The predicted octanol–water partition coefficient (Wildman–Crippen LogP) is 4.38. The smallest absolute Gasteiger partial charge is 0.323 e. The Morgan fingerprint density at radius 1 is 0.833 bits per heavy atom. The Bertz CT molecular complexity index is 1380. The largest absolute Gasteiger partial charge is 0.495 e.